The Bertz CT molecular complexity index is 464. The van der Waals surface area contributed by atoms with Gasteiger partial charge in [-0.3, -0.25) is 9.88 Å². The normalized spacial score (nSPS) is 20.5. The van der Waals surface area contributed by atoms with Crippen LogP contribution in [0.1, 0.15) is 18.5 Å². The molecule has 4 nitrogen and oxygen atoms in total. The van der Waals surface area contributed by atoms with Crippen LogP contribution >= 0.6 is 12.2 Å². The van der Waals surface area contributed by atoms with Crippen molar-refractivity contribution in [3.63, 3.8) is 0 Å². The number of pyridine rings is 1. The van der Waals surface area contributed by atoms with Crippen LogP contribution in [-0.2, 0) is 0 Å². The SMILES string of the molecule is NC(=S)c1cc(N2CCN(CC3CC3)CC2)ccn1. The molecule has 1 aromatic heterocycles. The van der Waals surface area contributed by atoms with Crippen LogP contribution in [0.3, 0.4) is 0 Å². The molecule has 1 aliphatic carbocycles. The number of rotatable bonds is 4. The third-order valence-corrected chi connectivity index (χ3v) is 4.16. The van der Waals surface area contributed by atoms with Crippen molar-refractivity contribution < 1.29 is 0 Å². The molecule has 1 saturated carbocycles. The molecule has 0 unspecified atom stereocenters. The number of hydrogen-bond donors (Lipinski definition) is 1. The summed E-state index contributed by atoms with van der Waals surface area (Å²) in [6.45, 7) is 5.76. The molecule has 2 N–H and O–H groups in total. The summed E-state index contributed by atoms with van der Waals surface area (Å²) in [6, 6.07) is 4.04. The molecule has 3 rings (SSSR count). The van der Waals surface area contributed by atoms with Crippen LogP contribution in [0.2, 0.25) is 0 Å². The predicted molar refractivity (Wildman–Crippen MR) is 81.5 cm³/mol. The molecule has 1 saturated heterocycles. The number of piperazine rings is 1. The Labute approximate surface area is 119 Å². The largest absolute Gasteiger partial charge is 0.388 e. The van der Waals surface area contributed by atoms with E-state index in [9.17, 15) is 0 Å². The number of hydrogen-bond acceptors (Lipinski definition) is 4. The summed E-state index contributed by atoms with van der Waals surface area (Å²) in [7, 11) is 0. The van der Waals surface area contributed by atoms with Gasteiger partial charge in [-0.1, -0.05) is 12.2 Å². The summed E-state index contributed by atoms with van der Waals surface area (Å²) < 4.78 is 0. The van der Waals surface area contributed by atoms with Crippen molar-refractivity contribution in [3.05, 3.63) is 24.0 Å². The first-order valence-electron chi connectivity index (χ1n) is 6.95. The van der Waals surface area contributed by atoms with Crippen LogP contribution in [0.4, 0.5) is 5.69 Å². The van der Waals surface area contributed by atoms with E-state index in [0.29, 0.717) is 10.7 Å². The van der Waals surface area contributed by atoms with Crippen molar-refractivity contribution >= 4 is 22.9 Å². The lowest BCUT2D eigenvalue weighted by Gasteiger charge is -2.36. The summed E-state index contributed by atoms with van der Waals surface area (Å²) in [5.41, 5.74) is 7.54. The van der Waals surface area contributed by atoms with Gasteiger partial charge in [0.25, 0.3) is 0 Å². The molecule has 2 fully saturated rings. The highest BCUT2D eigenvalue weighted by Crippen LogP contribution is 2.30. The van der Waals surface area contributed by atoms with Crippen LogP contribution in [0.25, 0.3) is 0 Å². The maximum Gasteiger partial charge on any atom is 0.122 e. The van der Waals surface area contributed by atoms with Gasteiger partial charge in [0, 0.05) is 44.6 Å². The minimum absolute atomic E-state index is 0.370. The van der Waals surface area contributed by atoms with E-state index in [0.717, 1.165) is 32.1 Å². The Kier molecular flexibility index (Phi) is 3.66. The molecule has 19 heavy (non-hydrogen) atoms. The monoisotopic (exact) mass is 276 g/mol. The summed E-state index contributed by atoms with van der Waals surface area (Å²) in [5.74, 6) is 0.980. The van der Waals surface area contributed by atoms with E-state index in [2.05, 4.69) is 14.8 Å². The molecule has 0 aromatic carbocycles. The lowest BCUT2D eigenvalue weighted by Crippen LogP contribution is -2.47. The average Bonchev–Trinajstić information content (AvgIpc) is 3.24. The Morgan fingerprint density at radius 2 is 2.05 bits per heavy atom. The first kappa shape index (κ1) is 12.8. The van der Waals surface area contributed by atoms with Crippen LogP contribution in [0, 0.1) is 5.92 Å². The molecule has 2 heterocycles. The second kappa shape index (κ2) is 5.43. The van der Waals surface area contributed by atoms with E-state index in [-0.39, 0.29) is 0 Å². The number of anilines is 1. The van der Waals surface area contributed by atoms with Gasteiger partial charge in [0.05, 0.1) is 5.69 Å². The van der Waals surface area contributed by atoms with E-state index in [4.69, 9.17) is 18.0 Å². The fourth-order valence-electron chi connectivity index (χ4n) is 2.61. The zero-order valence-corrected chi connectivity index (χ0v) is 11.9. The molecule has 0 radical (unpaired) electrons. The Morgan fingerprint density at radius 1 is 1.32 bits per heavy atom. The van der Waals surface area contributed by atoms with Gasteiger partial charge < -0.3 is 10.6 Å². The Morgan fingerprint density at radius 3 is 2.68 bits per heavy atom. The Balaban J connectivity index is 1.60. The van der Waals surface area contributed by atoms with Gasteiger partial charge in [-0.25, -0.2) is 0 Å². The second-order valence-corrected chi connectivity index (χ2v) is 5.93. The van der Waals surface area contributed by atoms with Crippen LogP contribution < -0.4 is 10.6 Å². The van der Waals surface area contributed by atoms with E-state index < -0.39 is 0 Å². The number of nitrogens with two attached hydrogens (primary N) is 1. The van der Waals surface area contributed by atoms with E-state index in [1.165, 1.54) is 25.1 Å². The lowest BCUT2D eigenvalue weighted by atomic mass is 10.2. The molecule has 102 valence electrons. The third-order valence-electron chi connectivity index (χ3n) is 3.95. The molecule has 0 amide bonds. The fourth-order valence-corrected chi connectivity index (χ4v) is 2.72. The maximum atomic E-state index is 5.64. The molecule has 0 atom stereocenters. The topological polar surface area (TPSA) is 45.4 Å². The van der Waals surface area contributed by atoms with Crippen LogP contribution in [0.15, 0.2) is 18.3 Å². The zero-order chi connectivity index (χ0) is 13.2. The van der Waals surface area contributed by atoms with Crippen molar-refractivity contribution in [2.45, 2.75) is 12.8 Å². The van der Waals surface area contributed by atoms with E-state index >= 15 is 0 Å². The molecule has 5 heteroatoms. The molecule has 1 aliphatic heterocycles. The molecule has 1 aromatic rings. The quantitative estimate of drug-likeness (QED) is 0.839. The highest BCUT2D eigenvalue weighted by molar-refractivity contribution is 7.80. The third kappa shape index (κ3) is 3.22. The minimum atomic E-state index is 0.370. The number of aromatic nitrogens is 1. The van der Waals surface area contributed by atoms with Gasteiger partial charge >= 0.3 is 0 Å². The minimum Gasteiger partial charge on any atom is -0.388 e. The summed E-state index contributed by atoms with van der Waals surface area (Å²) in [5, 5.41) is 0. The molecule has 0 spiro atoms. The van der Waals surface area contributed by atoms with Gasteiger partial charge in [-0.2, -0.15) is 0 Å². The lowest BCUT2D eigenvalue weighted by molar-refractivity contribution is 0.248. The average molecular weight is 276 g/mol. The second-order valence-electron chi connectivity index (χ2n) is 5.49. The van der Waals surface area contributed by atoms with Gasteiger partial charge in [0.1, 0.15) is 4.99 Å². The van der Waals surface area contributed by atoms with Crippen molar-refractivity contribution in [2.75, 3.05) is 37.6 Å². The molecular formula is C14H20N4S. The molecule has 2 aliphatic rings. The first-order chi connectivity index (χ1) is 9.22. The van der Waals surface area contributed by atoms with Gasteiger partial charge in [0.15, 0.2) is 0 Å². The van der Waals surface area contributed by atoms with Gasteiger partial charge in [-0.05, 0) is 30.9 Å². The number of thiocarbonyl (C=S) groups is 1. The summed E-state index contributed by atoms with van der Waals surface area (Å²) in [4.78, 5) is 9.55. The van der Waals surface area contributed by atoms with Crippen LogP contribution in [0.5, 0.6) is 0 Å². The van der Waals surface area contributed by atoms with E-state index in [1.807, 2.05) is 12.1 Å². The standard InChI is InChI=1S/C14H20N4S/c15-14(19)13-9-12(3-4-16-13)18-7-5-17(6-8-18)10-11-1-2-11/h3-4,9,11H,1-2,5-8,10H2,(H2,15,19). The highest BCUT2D eigenvalue weighted by Gasteiger charge is 2.26. The molecule has 0 bridgehead atoms. The zero-order valence-electron chi connectivity index (χ0n) is 11.1. The fraction of sp³-hybridized carbons (Fsp3) is 0.571. The smallest absolute Gasteiger partial charge is 0.122 e. The number of nitrogens with zero attached hydrogens (tertiary/aromatic N) is 3. The van der Waals surface area contributed by atoms with Crippen molar-refractivity contribution in [2.24, 2.45) is 11.7 Å². The van der Waals surface area contributed by atoms with Crippen molar-refractivity contribution in [1.82, 2.24) is 9.88 Å². The summed E-state index contributed by atoms with van der Waals surface area (Å²) in [6.07, 6.45) is 4.66. The molecular weight excluding hydrogens is 256 g/mol. The maximum absolute atomic E-state index is 5.64. The predicted octanol–water partition coefficient (Wildman–Crippen LogP) is 1.25. The van der Waals surface area contributed by atoms with Crippen molar-refractivity contribution in [3.8, 4) is 0 Å². The van der Waals surface area contributed by atoms with Crippen LogP contribution in [-0.4, -0.2) is 47.6 Å². The first-order valence-corrected chi connectivity index (χ1v) is 7.36. The van der Waals surface area contributed by atoms with Gasteiger partial charge in [0.2, 0.25) is 0 Å². The van der Waals surface area contributed by atoms with Gasteiger partial charge in [-0.15, -0.1) is 0 Å². The highest BCUT2D eigenvalue weighted by atomic mass is 32.1. The van der Waals surface area contributed by atoms with Crippen molar-refractivity contribution in [1.29, 1.82) is 0 Å². The summed E-state index contributed by atoms with van der Waals surface area (Å²) >= 11 is 4.98. The van der Waals surface area contributed by atoms with E-state index in [1.54, 1.807) is 6.20 Å². The Hall–Kier alpha value is -1.20.